The Labute approximate surface area is 122 Å². The molecule has 0 saturated heterocycles. The van der Waals surface area contributed by atoms with Crippen molar-refractivity contribution in [2.24, 2.45) is 0 Å². The minimum absolute atomic E-state index is 0.245. The molecule has 3 rings (SSSR count). The zero-order chi connectivity index (χ0) is 14.8. The Balaban J connectivity index is 2.06. The van der Waals surface area contributed by atoms with Gasteiger partial charge in [0, 0.05) is 6.54 Å². The zero-order valence-corrected chi connectivity index (χ0v) is 11.8. The third-order valence-electron chi connectivity index (χ3n) is 3.72. The highest BCUT2D eigenvalue weighted by atomic mass is 16.4. The van der Waals surface area contributed by atoms with Crippen molar-refractivity contribution in [3.63, 3.8) is 0 Å². The summed E-state index contributed by atoms with van der Waals surface area (Å²) < 4.78 is 2.00. The van der Waals surface area contributed by atoms with Crippen LogP contribution in [0.15, 0.2) is 48.8 Å². The molecule has 0 aliphatic heterocycles. The minimum atomic E-state index is -0.945. The molecule has 3 aromatic rings. The summed E-state index contributed by atoms with van der Waals surface area (Å²) in [5.74, 6) is -0.945. The minimum Gasteiger partial charge on any atom is -0.478 e. The van der Waals surface area contributed by atoms with Crippen LogP contribution in [0.25, 0.3) is 11.0 Å². The number of aromatic nitrogens is 2. The second-order valence-corrected chi connectivity index (χ2v) is 4.97. The van der Waals surface area contributed by atoms with Crippen molar-refractivity contribution in [3.05, 3.63) is 65.5 Å². The number of carbonyl (C=O) groups is 1. The molecule has 0 amide bonds. The summed E-state index contributed by atoms with van der Waals surface area (Å²) in [5.41, 5.74) is 4.17. The first kappa shape index (κ1) is 13.4. The molecule has 1 N–H and O–H groups in total. The van der Waals surface area contributed by atoms with Crippen molar-refractivity contribution in [1.29, 1.82) is 0 Å². The predicted octanol–water partition coefficient (Wildman–Crippen LogP) is 3.35. The van der Waals surface area contributed by atoms with Crippen molar-refractivity contribution in [1.82, 2.24) is 9.55 Å². The van der Waals surface area contributed by atoms with E-state index in [1.54, 1.807) is 18.5 Å². The fourth-order valence-electron chi connectivity index (χ4n) is 2.63. The number of para-hydroxylation sites is 1. The lowest BCUT2D eigenvalue weighted by molar-refractivity contribution is 0.0699. The van der Waals surface area contributed by atoms with Gasteiger partial charge in [-0.25, -0.2) is 9.78 Å². The first-order chi connectivity index (χ1) is 10.2. The Kier molecular flexibility index (Phi) is 3.44. The lowest BCUT2D eigenvalue weighted by Gasteiger charge is -2.09. The lowest BCUT2D eigenvalue weighted by Crippen LogP contribution is -2.02. The number of nitrogens with zero attached hydrogens (tertiary/aromatic N) is 2. The largest absolute Gasteiger partial charge is 0.478 e. The summed E-state index contributed by atoms with van der Waals surface area (Å²) in [6, 6.07) is 13.5. The van der Waals surface area contributed by atoms with Crippen LogP contribution in [0.3, 0.4) is 0 Å². The maximum atomic E-state index is 11.2. The van der Waals surface area contributed by atoms with E-state index in [1.165, 1.54) is 11.1 Å². The summed E-state index contributed by atoms with van der Waals surface area (Å²) >= 11 is 0. The van der Waals surface area contributed by atoms with E-state index >= 15 is 0 Å². The molecule has 2 aromatic carbocycles. The summed E-state index contributed by atoms with van der Waals surface area (Å²) in [6.45, 7) is 2.83. The van der Waals surface area contributed by atoms with Gasteiger partial charge in [0.2, 0.25) is 0 Å². The lowest BCUT2D eigenvalue weighted by atomic mass is 10.1. The van der Waals surface area contributed by atoms with Crippen molar-refractivity contribution >= 4 is 17.0 Å². The molecule has 1 aromatic heterocycles. The van der Waals surface area contributed by atoms with E-state index in [9.17, 15) is 9.90 Å². The van der Waals surface area contributed by atoms with Gasteiger partial charge in [0.25, 0.3) is 0 Å². The molecule has 0 saturated carbocycles. The maximum absolute atomic E-state index is 11.2. The van der Waals surface area contributed by atoms with Gasteiger partial charge < -0.3 is 9.67 Å². The number of carboxylic acids is 1. The number of aryl methyl sites for hydroxylation is 1. The van der Waals surface area contributed by atoms with Crippen LogP contribution in [0.1, 0.15) is 28.4 Å². The van der Waals surface area contributed by atoms with Gasteiger partial charge in [0.15, 0.2) is 0 Å². The highest BCUT2D eigenvalue weighted by Crippen LogP contribution is 2.20. The van der Waals surface area contributed by atoms with Crippen LogP contribution in [0.5, 0.6) is 0 Å². The smallest absolute Gasteiger partial charge is 0.337 e. The van der Waals surface area contributed by atoms with Crippen LogP contribution in [-0.2, 0) is 13.0 Å². The van der Waals surface area contributed by atoms with Crippen LogP contribution in [0.2, 0.25) is 0 Å². The number of aromatic carboxylic acids is 1. The van der Waals surface area contributed by atoms with Crippen molar-refractivity contribution < 1.29 is 9.90 Å². The topological polar surface area (TPSA) is 55.1 Å². The number of benzene rings is 2. The van der Waals surface area contributed by atoms with Crippen LogP contribution in [0.4, 0.5) is 0 Å². The number of fused-ring (bicyclic) bond motifs is 1. The number of carboxylic acid groups (broad SMARTS) is 1. The Morgan fingerprint density at radius 3 is 2.62 bits per heavy atom. The summed E-state index contributed by atoms with van der Waals surface area (Å²) in [4.78, 5) is 15.5. The SMILES string of the molecule is CCc1ccccc1Cn1cnc2c(C(=O)O)cccc21. The van der Waals surface area contributed by atoms with Gasteiger partial charge in [-0.15, -0.1) is 0 Å². The van der Waals surface area contributed by atoms with Gasteiger partial charge in [-0.1, -0.05) is 37.3 Å². The molecule has 0 aliphatic rings. The third-order valence-corrected chi connectivity index (χ3v) is 3.72. The fraction of sp³-hybridized carbons (Fsp3) is 0.176. The first-order valence-electron chi connectivity index (χ1n) is 6.94. The molecule has 1 heterocycles. The second-order valence-electron chi connectivity index (χ2n) is 4.97. The van der Waals surface area contributed by atoms with Crippen LogP contribution in [0, 0.1) is 0 Å². The van der Waals surface area contributed by atoms with E-state index in [0.29, 0.717) is 12.1 Å². The molecule has 4 heteroatoms. The number of hydrogen-bond acceptors (Lipinski definition) is 2. The number of rotatable bonds is 4. The highest BCUT2D eigenvalue weighted by molar-refractivity contribution is 6.00. The molecule has 0 bridgehead atoms. The molecule has 0 fully saturated rings. The van der Waals surface area contributed by atoms with Crippen LogP contribution >= 0.6 is 0 Å². The monoisotopic (exact) mass is 280 g/mol. The molecule has 21 heavy (non-hydrogen) atoms. The highest BCUT2D eigenvalue weighted by Gasteiger charge is 2.12. The molecule has 4 nitrogen and oxygen atoms in total. The van der Waals surface area contributed by atoms with E-state index in [2.05, 4.69) is 24.0 Å². The van der Waals surface area contributed by atoms with Gasteiger partial charge in [0.1, 0.15) is 5.52 Å². The summed E-state index contributed by atoms with van der Waals surface area (Å²) in [7, 11) is 0. The molecule has 0 aliphatic carbocycles. The molecular formula is C17H16N2O2. The first-order valence-corrected chi connectivity index (χ1v) is 6.94. The Morgan fingerprint density at radius 1 is 1.14 bits per heavy atom. The van der Waals surface area contributed by atoms with Crippen LogP contribution in [-0.4, -0.2) is 20.6 Å². The standard InChI is InChI=1S/C17H16N2O2/c1-2-12-6-3-4-7-13(12)10-19-11-18-16-14(17(20)21)8-5-9-15(16)19/h3-9,11H,2,10H2,1H3,(H,20,21). The normalized spacial score (nSPS) is 10.9. The van der Waals surface area contributed by atoms with E-state index < -0.39 is 5.97 Å². The molecule has 0 unspecified atom stereocenters. The van der Waals surface area contributed by atoms with E-state index in [0.717, 1.165) is 11.9 Å². The van der Waals surface area contributed by atoms with Gasteiger partial charge in [0.05, 0.1) is 17.4 Å². The maximum Gasteiger partial charge on any atom is 0.337 e. The van der Waals surface area contributed by atoms with E-state index in [1.807, 2.05) is 22.8 Å². The van der Waals surface area contributed by atoms with Gasteiger partial charge in [-0.05, 0) is 29.7 Å². The Hall–Kier alpha value is -2.62. The van der Waals surface area contributed by atoms with Gasteiger partial charge in [-0.2, -0.15) is 0 Å². The van der Waals surface area contributed by atoms with Gasteiger partial charge >= 0.3 is 5.97 Å². The molecular weight excluding hydrogens is 264 g/mol. The van der Waals surface area contributed by atoms with E-state index in [-0.39, 0.29) is 5.56 Å². The number of imidazole rings is 1. The number of hydrogen-bond donors (Lipinski definition) is 1. The molecule has 0 atom stereocenters. The Bertz CT molecular complexity index is 805. The predicted molar refractivity (Wildman–Crippen MR) is 81.6 cm³/mol. The average molecular weight is 280 g/mol. The van der Waals surface area contributed by atoms with Gasteiger partial charge in [-0.3, -0.25) is 0 Å². The van der Waals surface area contributed by atoms with E-state index in [4.69, 9.17) is 0 Å². The van der Waals surface area contributed by atoms with Crippen molar-refractivity contribution in [3.8, 4) is 0 Å². The molecule has 0 radical (unpaired) electrons. The van der Waals surface area contributed by atoms with Crippen molar-refractivity contribution in [2.75, 3.05) is 0 Å². The molecule has 0 spiro atoms. The fourth-order valence-corrected chi connectivity index (χ4v) is 2.63. The zero-order valence-electron chi connectivity index (χ0n) is 11.8. The molecule has 106 valence electrons. The van der Waals surface area contributed by atoms with Crippen LogP contribution < -0.4 is 0 Å². The Morgan fingerprint density at radius 2 is 1.90 bits per heavy atom. The third kappa shape index (κ3) is 2.40. The summed E-state index contributed by atoms with van der Waals surface area (Å²) in [6.07, 6.45) is 2.69. The quantitative estimate of drug-likeness (QED) is 0.797. The van der Waals surface area contributed by atoms with Crippen molar-refractivity contribution in [2.45, 2.75) is 19.9 Å². The average Bonchev–Trinajstić information content (AvgIpc) is 2.91. The second kappa shape index (κ2) is 5.40. The summed E-state index contributed by atoms with van der Waals surface area (Å²) in [5, 5.41) is 9.21.